The third-order valence-corrected chi connectivity index (χ3v) is 9.50. The normalized spacial score (nSPS) is 11.4. The number of hydrogen-bond donors (Lipinski definition) is 2. The lowest BCUT2D eigenvalue weighted by Crippen LogP contribution is -2.17. The SMILES string of the molecule is Brc1ccc2occc2c1.CCC(N)c1ccc2occc2c1.CCOC(C)COc1ccc(Br)cc1.O=Cc1ccc2occc2c1.Oc1ccc(Br)cc1. The van der Waals surface area contributed by atoms with Crippen LogP contribution in [0.5, 0.6) is 11.5 Å². The number of aldehydes is 1. The van der Waals surface area contributed by atoms with Gasteiger partial charge in [-0.05, 0) is 141 Å². The lowest BCUT2D eigenvalue weighted by Gasteiger charge is -2.12. The number of ether oxygens (including phenoxy) is 2. The van der Waals surface area contributed by atoms with Gasteiger partial charge in [-0.15, -0.1) is 0 Å². The molecule has 3 heterocycles. The largest absolute Gasteiger partial charge is 0.508 e. The van der Waals surface area contributed by atoms with E-state index in [1.54, 1.807) is 61.3 Å². The average molecular weight is 951 g/mol. The highest BCUT2D eigenvalue weighted by Crippen LogP contribution is 2.22. The van der Waals surface area contributed by atoms with Gasteiger partial charge in [0.2, 0.25) is 0 Å². The lowest BCUT2D eigenvalue weighted by molar-refractivity contribution is 0.0402. The van der Waals surface area contributed by atoms with Gasteiger partial charge < -0.3 is 33.6 Å². The lowest BCUT2D eigenvalue weighted by atomic mass is 10.0. The molecule has 0 bridgehead atoms. The van der Waals surface area contributed by atoms with Crippen molar-refractivity contribution in [3.63, 3.8) is 0 Å². The zero-order chi connectivity index (χ0) is 40.3. The highest BCUT2D eigenvalue weighted by atomic mass is 79.9. The fourth-order valence-electron chi connectivity index (χ4n) is 4.97. The number of hydrogen-bond acceptors (Lipinski definition) is 8. The Balaban J connectivity index is 0.000000157. The van der Waals surface area contributed by atoms with E-state index in [0.717, 1.165) is 71.4 Å². The first-order valence-corrected chi connectivity index (χ1v) is 20.2. The van der Waals surface area contributed by atoms with Crippen LogP contribution in [-0.2, 0) is 4.74 Å². The van der Waals surface area contributed by atoms with Crippen LogP contribution >= 0.6 is 47.8 Å². The molecule has 3 N–H and O–H groups in total. The second kappa shape index (κ2) is 23.4. The molecule has 8 aromatic rings. The first kappa shape index (κ1) is 44.1. The summed E-state index contributed by atoms with van der Waals surface area (Å²) in [6, 6.07) is 37.8. The number of carbonyl (C=O) groups is 1. The van der Waals surface area contributed by atoms with E-state index in [0.29, 0.717) is 17.9 Å². The number of benzene rings is 5. The van der Waals surface area contributed by atoms with Crippen molar-refractivity contribution in [1.29, 1.82) is 0 Å². The Morgan fingerprint density at radius 2 is 1.16 bits per heavy atom. The monoisotopic (exact) mass is 947 g/mol. The van der Waals surface area contributed by atoms with Crippen molar-refractivity contribution < 1.29 is 32.6 Å². The molecule has 5 aromatic carbocycles. The average Bonchev–Trinajstić information content (AvgIpc) is 4.00. The van der Waals surface area contributed by atoms with Crippen LogP contribution in [0.4, 0.5) is 0 Å². The maximum absolute atomic E-state index is 10.3. The molecule has 0 aliphatic heterocycles. The Morgan fingerprint density at radius 1 is 0.661 bits per heavy atom. The quantitative estimate of drug-likeness (QED) is 0.144. The second-order valence-corrected chi connectivity index (χ2v) is 14.9. The van der Waals surface area contributed by atoms with Crippen molar-refractivity contribution in [2.75, 3.05) is 13.2 Å². The van der Waals surface area contributed by atoms with Crippen LogP contribution in [0.2, 0.25) is 0 Å². The van der Waals surface area contributed by atoms with Gasteiger partial charge >= 0.3 is 0 Å². The van der Waals surface area contributed by atoms with Crippen molar-refractivity contribution in [2.24, 2.45) is 5.73 Å². The molecular formula is C45H44Br3NO7. The molecule has 0 spiro atoms. The molecule has 0 saturated heterocycles. The van der Waals surface area contributed by atoms with E-state index in [1.165, 1.54) is 5.56 Å². The minimum absolute atomic E-state index is 0.138. The van der Waals surface area contributed by atoms with Gasteiger partial charge in [-0.3, -0.25) is 4.79 Å². The number of halogens is 3. The molecule has 56 heavy (non-hydrogen) atoms. The van der Waals surface area contributed by atoms with Crippen molar-refractivity contribution in [2.45, 2.75) is 39.3 Å². The first-order valence-electron chi connectivity index (χ1n) is 17.8. The molecule has 0 aliphatic carbocycles. The molecule has 8 rings (SSSR count). The van der Waals surface area contributed by atoms with Crippen LogP contribution in [0.15, 0.2) is 167 Å². The predicted octanol–water partition coefficient (Wildman–Crippen LogP) is 13.7. The molecule has 292 valence electrons. The van der Waals surface area contributed by atoms with Crippen LogP contribution in [0, 0.1) is 0 Å². The van der Waals surface area contributed by atoms with Crippen LogP contribution < -0.4 is 10.5 Å². The van der Waals surface area contributed by atoms with E-state index in [4.69, 9.17) is 33.6 Å². The molecule has 0 aliphatic rings. The van der Waals surface area contributed by atoms with E-state index in [-0.39, 0.29) is 12.1 Å². The molecular weight excluding hydrogens is 906 g/mol. The summed E-state index contributed by atoms with van der Waals surface area (Å²) in [4.78, 5) is 10.3. The van der Waals surface area contributed by atoms with Gasteiger partial charge in [0.1, 0.15) is 41.1 Å². The van der Waals surface area contributed by atoms with Gasteiger partial charge in [0, 0.05) is 47.8 Å². The maximum Gasteiger partial charge on any atom is 0.150 e. The molecule has 0 radical (unpaired) electrons. The molecule has 0 saturated carbocycles. The summed E-state index contributed by atoms with van der Waals surface area (Å²) < 4.78 is 29.5. The van der Waals surface area contributed by atoms with Gasteiger partial charge in [-0.2, -0.15) is 0 Å². The number of phenolic OH excluding ortho intramolecular Hbond substituents is 1. The van der Waals surface area contributed by atoms with Crippen molar-refractivity contribution in [3.8, 4) is 11.5 Å². The summed E-state index contributed by atoms with van der Waals surface area (Å²) in [5.41, 5.74) is 10.5. The smallest absolute Gasteiger partial charge is 0.150 e. The fourth-order valence-corrected chi connectivity index (χ4v) is 5.87. The Bertz CT molecular complexity index is 2310. The third-order valence-electron chi connectivity index (χ3n) is 7.95. The standard InChI is InChI=1S/C11H15BrO2.C11H13NO.C9H6O2.C8H5BrO.C6H5BrO/c1-3-13-9(2)8-14-11-6-4-10(12)5-7-11;1-2-10(12)8-3-4-11-9(7-8)5-6-13-11;10-6-7-1-2-9-8(5-7)3-4-11-9;9-7-1-2-8-6(5-7)3-4-10-8;7-5-1-3-6(8)4-2-5/h4-7,9H,3,8H2,1-2H3;3-7,10H,2,12H2,1H3;1-6H;1-5H;1-4,8H. The van der Waals surface area contributed by atoms with E-state index < -0.39 is 0 Å². The zero-order valence-electron chi connectivity index (χ0n) is 31.2. The summed E-state index contributed by atoms with van der Waals surface area (Å²) in [5.74, 6) is 1.17. The van der Waals surface area contributed by atoms with E-state index in [9.17, 15) is 4.79 Å². The topological polar surface area (TPSA) is 121 Å². The fraction of sp³-hybridized carbons (Fsp3) is 0.178. The number of nitrogens with two attached hydrogens (primary N) is 1. The number of aromatic hydroxyl groups is 1. The van der Waals surface area contributed by atoms with Crippen molar-refractivity contribution >= 4 is 87.0 Å². The zero-order valence-corrected chi connectivity index (χ0v) is 36.0. The Morgan fingerprint density at radius 3 is 1.70 bits per heavy atom. The summed E-state index contributed by atoms with van der Waals surface area (Å²) >= 11 is 9.98. The van der Waals surface area contributed by atoms with Gasteiger partial charge in [0.05, 0.1) is 24.9 Å². The Hall–Kier alpha value is -4.65. The number of phenols is 1. The van der Waals surface area contributed by atoms with Gasteiger partial charge in [0.25, 0.3) is 0 Å². The van der Waals surface area contributed by atoms with E-state index in [1.807, 2.05) is 86.6 Å². The number of fused-ring (bicyclic) bond motifs is 3. The number of furan rings is 3. The first-order chi connectivity index (χ1) is 27.1. The van der Waals surface area contributed by atoms with Crippen LogP contribution in [0.25, 0.3) is 32.9 Å². The minimum atomic E-state index is 0.138. The second-order valence-electron chi connectivity index (χ2n) is 12.2. The van der Waals surface area contributed by atoms with Crippen molar-refractivity contribution in [3.05, 3.63) is 165 Å². The van der Waals surface area contributed by atoms with Gasteiger partial charge in [0.15, 0.2) is 0 Å². The molecule has 2 unspecified atom stereocenters. The van der Waals surface area contributed by atoms with Crippen molar-refractivity contribution in [1.82, 2.24) is 0 Å². The van der Waals surface area contributed by atoms with E-state index in [2.05, 4.69) is 60.8 Å². The predicted molar refractivity (Wildman–Crippen MR) is 235 cm³/mol. The van der Waals surface area contributed by atoms with Crippen LogP contribution in [-0.4, -0.2) is 30.7 Å². The summed E-state index contributed by atoms with van der Waals surface area (Å²) in [5, 5.41) is 12.0. The molecule has 0 fully saturated rings. The number of rotatable bonds is 8. The van der Waals surface area contributed by atoms with Gasteiger partial charge in [-0.25, -0.2) is 0 Å². The minimum Gasteiger partial charge on any atom is -0.508 e. The highest BCUT2D eigenvalue weighted by Gasteiger charge is 2.05. The Labute approximate surface area is 352 Å². The van der Waals surface area contributed by atoms with Crippen LogP contribution in [0.3, 0.4) is 0 Å². The Kier molecular flexibility index (Phi) is 18.4. The highest BCUT2D eigenvalue weighted by molar-refractivity contribution is 9.11. The molecule has 2 atom stereocenters. The summed E-state index contributed by atoms with van der Waals surface area (Å²) in [6.45, 7) is 7.39. The molecule has 11 heteroatoms. The molecule has 3 aromatic heterocycles. The maximum atomic E-state index is 10.3. The van der Waals surface area contributed by atoms with Gasteiger partial charge in [-0.1, -0.05) is 60.8 Å². The summed E-state index contributed by atoms with van der Waals surface area (Å²) in [7, 11) is 0. The number of carbonyl (C=O) groups excluding carboxylic acids is 1. The molecule has 0 amide bonds. The third kappa shape index (κ3) is 14.8. The summed E-state index contributed by atoms with van der Waals surface area (Å²) in [6.07, 6.45) is 6.93. The molecule has 8 nitrogen and oxygen atoms in total. The van der Waals surface area contributed by atoms with E-state index >= 15 is 0 Å². The van der Waals surface area contributed by atoms with Crippen LogP contribution in [0.1, 0.15) is 49.2 Å².